The number of nitrogens with one attached hydrogen (secondary N) is 1. The molecule has 0 aromatic heterocycles. The van der Waals surface area contributed by atoms with Crippen LogP contribution < -0.4 is 19.7 Å². The summed E-state index contributed by atoms with van der Waals surface area (Å²) >= 11 is 6.16. The molecular formula is C21H23ClN2O4. The Morgan fingerprint density at radius 2 is 1.86 bits per heavy atom. The lowest BCUT2D eigenvalue weighted by Crippen LogP contribution is -2.28. The molecule has 2 aromatic carbocycles. The van der Waals surface area contributed by atoms with Crippen molar-refractivity contribution >= 4 is 34.8 Å². The molecule has 6 nitrogen and oxygen atoms in total. The molecule has 1 N–H and O–H groups in total. The number of aryl methyl sites for hydroxylation is 1. The average molecular weight is 403 g/mol. The molecule has 1 fully saturated rings. The summed E-state index contributed by atoms with van der Waals surface area (Å²) in [6.45, 7) is 2.42. The number of hydrogen-bond acceptors (Lipinski definition) is 4. The summed E-state index contributed by atoms with van der Waals surface area (Å²) < 4.78 is 10.5. The Bertz CT molecular complexity index is 883. The summed E-state index contributed by atoms with van der Waals surface area (Å²) in [5.74, 6) is 0.119. The van der Waals surface area contributed by atoms with Crippen molar-refractivity contribution < 1.29 is 19.1 Å². The number of rotatable bonds is 6. The van der Waals surface area contributed by atoms with E-state index in [0.717, 1.165) is 12.1 Å². The van der Waals surface area contributed by atoms with Crippen LogP contribution in [0.1, 0.15) is 18.9 Å². The highest BCUT2D eigenvalue weighted by atomic mass is 35.5. The molecule has 1 unspecified atom stereocenters. The van der Waals surface area contributed by atoms with E-state index in [9.17, 15) is 9.59 Å². The molecule has 0 aliphatic carbocycles. The van der Waals surface area contributed by atoms with Crippen molar-refractivity contribution in [3.8, 4) is 11.5 Å². The normalized spacial score (nSPS) is 16.2. The maximum Gasteiger partial charge on any atom is 0.229 e. The fraction of sp³-hybridized carbons (Fsp3) is 0.333. The largest absolute Gasteiger partial charge is 0.495 e. The zero-order valence-corrected chi connectivity index (χ0v) is 16.9. The van der Waals surface area contributed by atoms with Crippen molar-refractivity contribution in [2.24, 2.45) is 5.92 Å². The topological polar surface area (TPSA) is 67.9 Å². The number of hydrogen-bond donors (Lipinski definition) is 1. The fourth-order valence-corrected chi connectivity index (χ4v) is 3.48. The molecule has 7 heteroatoms. The van der Waals surface area contributed by atoms with Crippen molar-refractivity contribution in [1.29, 1.82) is 0 Å². The number of halogens is 1. The van der Waals surface area contributed by atoms with Crippen molar-refractivity contribution in [1.82, 2.24) is 0 Å². The second-order valence-electron chi connectivity index (χ2n) is 6.60. The van der Waals surface area contributed by atoms with Gasteiger partial charge in [0, 0.05) is 24.7 Å². The first-order chi connectivity index (χ1) is 13.5. The van der Waals surface area contributed by atoms with Crippen LogP contribution in [0.4, 0.5) is 11.4 Å². The lowest BCUT2D eigenvalue weighted by molar-refractivity contribution is -0.122. The van der Waals surface area contributed by atoms with Crippen molar-refractivity contribution in [2.45, 2.75) is 19.8 Å². The van der Waals surface area contributed by atoms with Crippen LogP contribution in [0.2, 0.25) is 5.02 Å². The van der Waals surface area contributed by atoms with Crippen LogP contribution in [0.5, 0.6) is 11.5 Å². The van der Waals surface area contributed by atoms with Gasteiger partial charge in [-0.15, -0.1) is 0 Å². The van der Waals surface area contributed by atoms with Gasteiger partial charge >= 0.3 is 0 Å². The van der Waals surface area contributed by atoms with Crippen molar-refractivity contribution in [2.75, 3.05) is 31.0 Å². The second-order valence-corrected chi connectivity index (χ2v) is 7.01. The molecule has 0 saturated carbocycles. The van der Waals surface area contributed by atoms with Crippen LogP contribution in [0.15, 0.2) is 36.4 Å². The molecule has 3 rings (SSSR count). The SMILES string of the molecule is CCc1ccc(N2CC(C(=O)Nc3cc(Cl)c(OC)cc3OC)CC2=O)cc1. The van der Waals surface area contributed by atoms with Gasteiger partial charge < -0.3 is 19.7 Å². The molecule has 1 aliphatic heterocycles. The van der Waals surface area contributed by atoms with Gasteiger partial charge in [0.2, 0.25) is 11.8 Å². The van der Waals surface area contributed by atoms with Gasteiger partial charge in [0.15, 0.2) is 0 Å². The number of anilines is 2. The number of carbonyl (C=O) groups is 2. The molecule has 1 aliphatic rings. The van der Waals surface area contributed by atoms with Gasteiger partial charge in [0.05, 0.1) is 30.8 Å². The van der Waals surface area contributed by atoms with E-state index < -0.39 is 5.92 Å². The Hall–Kier alpha value is -2.73. The number of ether oxygens (including phenoxy) is 2. The maximum atomic E-state index is 12.8. The lowest BCUT2D eigenvalue weighted by atomic mass is 10.1. The van der Waals surface area contributed by atoms with Gasteiger partial charge in [-0.25, -0.2) is 0 Å². The standard InChI is InChI=1S/C21H23ClN2O4/c1-4-13-5-7-15(8-6-13)24-12-14(9-20(24)25)21(26)23-17-10-16(22)18(27-2)11-19(17)28-3/h5-8,10-11,14H,4,9,12H2,1-3H3,(H,23,26). The smallest absolute Gasteiger partial charge is 0.229 e. The Kier molecular flexibility index (Phi) is 6.09. The maximum absolute atomic E-state index is 12.8. The number of amides is 2. The molecular weight excluding hydrogens is 380 g/mol. The Morgan fingerprint density at radius 1 is 1.18 bits per heavy atom. The summed E-state index contributed by atoms with van der Waals surface area (Å²) in [6.07, 6.45) is 1.10. The summed E-state index contributed by atoms with van der Waals surface area (Å²) in [4.78, 5) is 26.8. The van der Waals surface area contributed by atoms with E-state index in [2.05, 4.69) is 12.2 Å². The van der Waals surface area contributed by atoms with Gasteiger partial charge in [-0.3, -0.25) is 9.59 Å². The lowest BCUT2D eigenvalue weighted by Gasteiger charge is -2.18. The first-order valence-corrected chi connectivity index (χ1v) is 9.46. The van der Waals surface area contributed by atoms with Crippen molar-refractivity contribution in [3.05, 3.63) is 47.0 Å². The quantitative estimate of drug-likeness (QED) is 0.795. The van der Waals surface area contributed by atoms with E-state index in [1.54, 1.807) is 17.0 Å². The van der Waals surface area contributed by atoms with Crippen LogP contribution in [0, 0.1) is 5.92 Å². The third kappa shape index (κ3) is 4.07. The molecule has 0 radical (unpaired) electrons. The molecule has 1 atom stereocenters. The highest BCUT2D eigenvalue weighted by Crippen LogP contribution is 2.36. The summed E-state index contributed by atoms with van der Waals surface area (Å²) in [7, 11) is 3.00. The number of methoxy groups -OCH3 is 2. The predicted octanol–water partition coefficient (Wildman–Crippen LogP) is 3.91. The molecule has 2 aromatic rings. The first-order valence-electron chi connectivity index (χ1n) is 9.08. The molecule has 28 heavy (non-hydrogen) atoms. The van der Waals surface area contributed by atoms with Crippen LogP contribution >= 0.6 is 11.6 Å². The fourth-order valence-electron chi connectivity index (χ4n) is 3.24. The minimum absolute atomic E-state index is 0.0656. The summed E-state index contributed by atoms with van der Waals surface area (Å²) in [6, 6.07) is 11.0. The van der Waals surface area contributed by atoms with E-state index in [1.807, 2.05) is 24.3 Å². The van der Waals surface area contributed by atoms with Gasteiger partial charge in [0.1, 0.15) is 11.5 Å². The second kappa shape index (κ2) is 8.52. The molecule has 0 bridgehead atoms. The Labute approximate surface area is 169 Å². The zero-order valence-electron chi connectivity index (χ0n) is 16.1. The molecule has 2 amide bonds. The average Bonchev–Trinajstić information content (AvgIpc) is 3.10. The van der Waals surface area contributed by atoms with E-state index in [-0.39, 0.29) is 18.2 Å². The van der Waals surface area contributed by atoms with E-state index in [4.69, 9.17) is 21.1 Å². The third-order valence-electron chi connectivity index (χ3n) is 4.88. The highest BCUT2D eigenvalue weighted by Gasteiger charge is 2.35. The molecule has 1 heterocycles. The molecule has 1 saturated heterocycles. The van der Waals surface area contributed by atoms with E-state index in [0.29, 0.717) is 28.8 Å². The van der Waals surface area contributed by atoms with Crippen molar-refractivity contribution in [3.63, 3.8) is 0 Å². The van der Waals surface area contributed by atoms with Gasteiger partial charge in [-0.2, -0.15) is 0 Å². The molecule has 148 valence electrons. The van der Waals surface area contributed by atoms with Gasteiger partial charge in [-0.1, -0.05) is 30.7 Å². The van der Waals surface area contributed by atoms with E-state index >= 15 is 0 Å². The van der Waals surface area contributed by atoms with E-state index in [1.165, 1.54) is 19.8 Å². The predicted molar refractivity (Wildman–Crippen MR) is 109 cm³/mol. The Balaban J connectivity index is 1.73. The third-order valence-corrected chi connectivity index (χ3v) is 5.18. The Morgan fingerprint density at radius 3 is 2.46 bits per heavy atom. The number of nitrogens with zero attached hydrogens (tertiary/aromatic N) is 1. The number of benzene rings is 2. The summed E-state index contributed by atoms with van der Waals surface area (Å²) in [5, 5.41) is 3.18. The minimum atomic E-state index is -0.455. The molecule has 0 spiro atoms. The van der Waals surface area contributed by atoms with Crippen LogP contribution in [0.25, 0.3) is 0 Å². The first kappa shape index (κ1) is 20.0. The van der Waals surface area contributed by atoms with Crippen LogP contribution in [-0.2, 0) is 16.0 Å². The number of carbonyl (C=O) groups excluding carboxylic acids is 2. The van der Waals surface area contributed by atoms with Crippen LogP contribution in [0.3, 0.4) is 0 Å². The van der Waals surface area contributed by atoms with Crippen LogP contribution in [-0.4, -0.2) is 32.6 Å². The highest BCUT2D eigenvalue weighted by molar-refractivity contribution is 6.32. The van der Waals surface area contributed by atoms with Gasteiger partial charge in [-0.05, 0) is 30.2 Å². The summed E-state index contributed by atoms with van der Waals surface area (Å²) in [5.41, 5.74) is 2.45. The minimum Gasteiger partial charge on any atom is -0.495 e. The zero-order chi connectivity index (χ0) is 20.3. The monoisotopic (exact) mass is 402 g/mol. The van der Waals surface area contributed by atoms with Gasteiger partial charge in [0.25, 0.3) is 0 Å².